The summed E-state index contributed by atoms with van der Waals surface area (Å²) >= 11 is 0. The van der Waals surface area contributed by atoms with Crippen LogP contribution in [0.4, 0.5) is 17.1 Å². The first kappa shape index (κ1) is 22.2. The van der Waals surface area contributed by atoms with E-state index in [1.807, 2.05) is 61.1 Å². The third-order valence-corrected chi connectivity index (χ3v) is 7.97. The number of para-hydroxylation sites is 2. The summed E-state index contributed by atoms with van der Waals surface area (Å²) < 4.78 is 13.1. The van der Waals surface area contributed by atoms with Crippen molar-refractivity contribution in [3.63, 3.8) is 0 Å². The number of fused-ring (bicyclic) bond motifs is 9. The Morgan fingerprint density at radius 2 is 1.15 bits per heavy atom. The van der Waals surface area contributed by atoms with Gasteiger partial charge in [-0.15, -0.1) is 0 Å². The number of furan rings is 2. The van der Waals surface area contributed by atoms with Crippen LogP contribution in [0.5, 0.6) is 0 Å². The molecule has 0 unspecified atom stereocenters. The van der Waals surface area contributed by atoms with Crippen molar-refractivity contribution in [2.75, 3.05) is 4.90 Å². The maximum absolute atomic E-state index is 6.55. The summed E-state index contributed by atoms with van der Waals surface area (Å²) in [5.41, 5.74) is 6.60. The monoisotopic (exact) mass is 527 g/mol. The maximum Gasteiger partial charge on any atom is 0.177 e. The Morgan fingerprint density at radius 1 is 0.488 bits per heavy atom. The number of anilines is 3. The first-order chi connectivity index (χ1) is 20.3. The molecular formula is C36H21N3O2. The molecule has 0 atom stereocenters. The molecule has 0 spiro atoms. The number of benzene rings is 5. The highest BCUT2D eigenvalue weighted by molar-refractivity contribution is 6.18. The number of rotatable bonds is 3. The fourth-order valence-electron chi connectivity index (χ4n) is 6.16. The molecule has 0 bridgehead atoms. The van der Waals surface area contributed by atoms with E-state index in [0.717, 1.165) is 66.3 Å². The van der Waals surface area contributed by atoms with Gasteiger partial charge >= 0.3 is 0 Å². The molecule has 0 saturated heterocycles. The Kier molecular flexibility index (Phi) is 4.55. The van der Waals surface area contributed by atoms with Crippen molar-refractivity contribution in [3.8, 4) is 0 Å². The van der Waals surface area contributed by atoms with E-state index in [1.54, 1.807) is 0 Å². The molecule has 41 heavy (non-hydrogen) atoms. The minimum absolute atomic E-state index is 0.707. The highest BCUT2D eigenvalue weighted by atomic mass is 16.3. The topological polar surface area (TPSA) is 55.3 Å². The van der Waals surface area contributed by atoms with E-state index in [4.69, 9.17) is 18.8 Å². The molecule has 9 aromatic rings. The molecule has 0 radical (unpaired) electrons. The normalized spacial score (nSPS) is 11.9. The van der Waals surface area contributed by atoms with E-state index < -0.39 is 0 Å². The lowest BCUT2D eigenvalue weighted by Crippen LogP contribution is -2.12. The average Bonchev–Trinajstić information content (AvgIpc) is 3.61. The van der Waals surface area contributed by atoms with Crippen molar-refractivity contribution in [1.82, 2.24) is 9.97 Å². The Morgan fingerprint density at radius 3 is 2.00 bits per heavy atom. The van der Waals surface area contributed by atoms with Gasteiger partial charge in [0, 0.05) is 33.9 Å². The lowest BCUT2D eigenvalue weighted by atomic mass is 9.99. The molecule has 0 amide bonds. The van der Waals surface area contributed by atoms with Crippen molar-refractivity contribution in [3.05, 3.63) is 128 Å². The molecule has 5 nitrogen and oxygen atoms in total. The van der Waals surface area contributed by atoms with Gasteiger partial charge in [-0.2, -0.15) is 0 Å². The second kappa shape index (κ2) is 8.41. The van der Waals surface area contributed by atoms with Crippen molar-refractivity contribution in [2.45, 2.75) is 0 Å². The second-order valence-electron chi connectivity index (χ2n) is 10.2. The molecule has 0 saturated carbocycles. The maximum atomic E-state index is 6.55. The molecular weight excluding hydrogens is 506 g/mol. The second-order valence-corrected chi connectivity index (χ2v) is 10.2. The van der Waals surface area contributed by atoms with Gasteiger partial charge in [-0.25, -0.2) is 0 Å². The third-order valence-electron chi connectivity index (χ3n) is 7.97. The van der Waals surface area contributed by atoms with Crippen LogP contribution in [-0.2, 0) is 0 Å². The van der Waals surface area contributed by atoms with E-state index in [2.05, 4.69) is 71.6 Å². The van der Waals surface area contributed by atoms with Crippen LogP contribution in [-0.4, -0.2) is 9.97 Å². The average molecular weight is 528 g/mol. The lowest BCUT2D eigenvalue weighted by molar-refractivity contribution is 0.665. The first-order valence-electron chi connectivity index (χ1n) is 13.6. The zero-order valence-electron chi connectivity index (χ0n) is 21.8. The molecule has 0 aliphatic carbocycles. The van der Waals surface area contributed by atoms with Crippen LogP contribution in [0, 0.1) is 0 Å². The number of nitrogens with zero attached hydrogens (tertiary/aromatic N) is 3. The molecule has 0 aliphatic rings. The predicted molar refractivity (Wildman–Crippen MR) is 166 cm³/mol. The van der Waals surface area contributed by atoms with Crippen LogP contribution < -0.4 is 4.90 Å². The smallest absolute Gasteiger partial charge is 0.177 e. The van der Waals surface area contributed by atoms with Crippen LogP contribution in [0.2, 0.25) is 0 Å². The van der Waals surface area contributed by atoms with Crippen molar-refractivity contribution in [1.29, 1.82) is 0 Å². The van der Waals surface area contributed by atoms with Gasteiger partial charge in [-0.05, 0) is 46.5 Å². The van der Waals surface area contributed by atoms with Gasteiger partial charge < -0.3 is 13.7 Å². The molecule has 4 heterocycles. The molecule has 4 aromatic heterocycles. The first-order valence-corrected chi connectivity index (χ1v) is 13.6. The molecule has 5 heteroatoms. The van der Waals surface area contributed by atoms with Gasteiger partial charge in [-0.3, -0.25) is 9.97 Å². The number of aromatic nitrogens is 2. The zero-order valence-corrected chi connectivity index (χ0v) is 21.8. The van der Waals surface area contributed by atoms with Crippen LogP contribution in [0.25, 0.3) is 65.6 Å². The molecule has 0 aliphatic heterocycles. The lowest BCUT2D eigenvalue weighted by Gasteiger charge is -2.27. The van der Waals surface area contributed by atoms with Crippen LogP contribution in [0.15, 0.2) is 137 Å². The van der Waals surface area contributed by atoms with Crippen LogP contribution >= 0.6 is 0 Å². The van der Waals surface area contributed by atoms with E-state index in [9.17, 15) is 0 Å². The minimum Gasteiger partial charge on any atom is -0.454 e. The van der Waals surface area contributed by atoms with Gasteiger partial charge in [0.25, 0.3) is 0 Å². The van der Waals surface area contributed by atoms with Gasteiger partial charge in [0.2, 0.25) is 0 Å². The summed E-state index contributed by atoms with van der Waals surface area (Å²) in [6, 6.07) is 37.4. The van der Waals surface area contributed by atoms with Crippen molar-refractivity contribution >= 4 is 82.6 Å². The summed E-state index contributed by atoms with van der Waals surface area (Å²) in [6.45, 7) is 0. The number of hydrogen-bond donors (Lipinski definition) is 0. The summed E-state index contributed by atoms with van der Waals surface area (Å²) in [5, 5.41) is 7.60. The quantitative estimate of drug-likeness (QED) is 0.214. The van der Waals surface area contributed by atoms with Crippen LogP contribution in [0.1, 0.15) is 0 Å². The molecule has 0 N–H and O–H groups in total. The Hall–Kier alpha value is -5.68. The minimum atomic E-state index is 0.707. The fourth-order valence-corrected chi connectivity index (χ4v) is 6.16. The van der Waals surface area contributed by atoms with E-state index in [1.165, 1.54) is 10.8 Å². The van der Waals surface area contributed by atoms with Crippen molar-refractivity contribution in [2.24, 2.45) is 0 Å². The highest BCUT2D eigenvalue weighted by Crippen LogP contribution is 2.47. The number of hydrogen-bond acceptors (Lipinski definition) is 5. The summed E-state index contributed by atoms with van der Waals surface area (Å²) in [6.07, 6.45) is 5.61. The predicted octanol–water partition coefficient (Wildman–Crippen LogP) is 10.1. The van der Waals surface area contributed by atoms with Crippen LogP contribution in [0.3, 0.4) is 0 Å². The molecule has 192 valence electrons. The third kappa shape index (κ3) is 3.17. The van der Waals surface area contributed by atoms with Gasteiger partial charge in [0.15, 0.2) is 11.2 Å². The van der Waals surface area contributed by atoms with E-state index in [-0.39, 0.29) is 0 Å². The van der Waals surface area contributed by atoms with Gasteiger partial charge in [0.05, 0.1) is 17.6 Å². The van der Waals surface area contributed by atoms with E-state index in [0.29, 0.717) is 5.58 Å². The summed E-state index contributed by atoms with van der Waals surface area (Å²) in [5.74, 6) is 0. The largest absolute Gasteiger partial charge is 0.454 e. The number of pyridine rings is 2. The fraction of sp³-hybridized carbons (Fsp3) is 0. The molecule has 0 fully saturated rings. The highest BCUT2D eigenvalue weighted by Gasteiger charge is 2.25. The van der Waals surface area contributed by atoms with Gasteiger partial charge in [-0.1, -0.05) is 78.9 Å². The Balaban J connectivity index is 1.46. The summed E-state index contributed by atoms with van der Waals surface area (Å²) in [7, 11) is 0. The van der Waals surface area contributed by atoms with Crippen molar-refractivity contribution < 1.29 is 8.83 Å². The van der Waals surface area contributed by atoms with Gasteiger partial charge in [0.1, 0.15) is 22.4 Å². The SMILES string of the molecule is c1ccc2c(c1)cc(N(c1cncc3c1oc1ccccc13)c1ccnc3c1oc1ccccc13)c1ccccc12. The van der Waals surface area contributed by atoms with E-state index >= 15 is 0 Å². The Bertz CT molecular complexity index is 2340. The standard InChI is InChI=1S/C36H21N3O2/c1-2-10-23-22(9-1)19-30(25-12-4-3-11-24(23)25)39(29-17-18-38-34-27-14-6-8-16-33(27)41-36(29)34)31-21-37-20-28-26-13-5-7-15-32(26)40-35(28)31/h1-21H. The molecule has 9 rings (SSSR count). The molecule has 5 aromatic carbocycles. The zero-order chi connectivity index (χ0) is 26.9. The summed E-state index contributed by atoms with van der Waals surface area (Å²) in [4.78, 5) is 11.7. The Labute approximate surface area is 233 Å².